The Bertz CT molecular complexity index is 450. The van der Waals surface area contributed by atoms with Gasteiger partial charge < -0.3 is 0 Å². The van der Waals surface area contributed by atoms with E-state index in [1.165, 1.54) is 0 Å². The zero-order valence-electron chi connectivity index (χ0n) is 8.07. The maximum Gasteiger partial charge on any atom is 0.275 e. The third kappa shape index (κ3) is 1.11. The van der Waals surface area contributed by atoms with Crippen LogP contribution in [0.1, 0.15) is 22.3 Å². The summed E-state index contributed by atoms with van der Waals surface area (Å²) in [5, 5.41) is 10.8. The molecule has 0 radical (unpaired) electrons. The largest absolute Gasteiger partial charge is 0.288 e. The van der Waals surface area contributed by atoms with Gasteiger partial charge in [-0.3, -0.25) is 15.1 Å². The summed E-state index contributed by atoms with van der Waals surface area (Å²) in [6, 6.07) is 1.85. The maximum absolute atomic E-state index is 10.8. The molecule has 14 heavy (non-hydrogen) atoms. The van der Waals surface area contributed by atoms with Crippen molar-refractivity contribution in [3.63, 3.8) is 0 Å². The Labute approximate surface area is 81.4 Å². The number of aliphatic imine (C=N–C) groups is 1. The normalized spacial score (nSPS) is 13.0. The lowest BCUT2D eigenvalue weighted by atomic mass is 9.99. The topological polar surface area (TPSA) is 55.5 Å². The molecule has 0 aliphatic carbocycles. The van der Waals surface area contributed by atoms with Crippen LogP contribution < -0.4 is 0 Å². The molecule has 0 atom stereocenters. The van der Waals surface area contributed by atoms with Gasteiger partial charge in [-0.25, -0.2) is 0 Å². The Balaban J connectivity index is 2.73. The summed E-state index contributed by atoms with van der Waals surface area (Å²) in [5.74, 6) is 0. The molecule has 2 rings (SSSR count). The fraction of sp³-hybridized carbons (Fsp3) is 0.300. The molecule has 0 amide bonds. The fourth-order valence-electron chi connectivity index (χ4n) is 1.90. The van der Waals surface area contributed by atoms with E-state index in [1.54, 1.807) is 20.1 Å². The molecule has 4 heteroatoms. The molecule has 0 aromatic heterocycles. The summed E-state index contributed by atoms with van der Waals surface area (Å²) in [7, 11) is 0. The number of nitro benzene ring substituents is 1. The molecule has 0 spiro atoms. The first-order valence-electron chi connectivity index (χ1n) is 4.38. The Morgan fingerprint density at radius 3 is 2.86 bits per heavy atom. The number of hydrogen-bond acceptors (Lipinski definition) is 3. The summed E-state index contributed by atoms with van der Waals surface area (Å²) in [6.07, 6.45) is 1.72. The third-order valence-electron chi connectivity index (χ3n) is 2.53. The minimum atomic E-state index is -0.322. The number of nitro groups is 1. The highest BCUT2D eigenvalue weighted by molar-refractivity contribution is 5.88. The summed E-state index contributed by atoms with van der Waals surface area (Å²) >= 11 is 0. The van der Waals surface area contributed by atoms with Crippen molar-refractivity contribution in [2.24, 2.45) is 4.99 Å². The number of benzene rings is 1. The van der Waals surface area contributed by atoms with Gasteiger partial charge in [-0.05, 0) is 25.5 Å². The summed E-state index contributed by atoms with van der Waals surface area (Å²) in [6.45, 7) is 4.19. The van der Waals surface area contributed by atoms with Crippen molar-refractivity contribution >= 4 is 11.9 Å². The van der Waals surface area contributed by atoms with Gasteiger partial charge in [0.1, 0.15) is 0 Å². The van der Waals surface area contributed by atoms with Gasteiger partial charge in [0.05, 0.1) is 11.5 Å². The van der Waals surface area contributed by atoms with E-state index in [0.717, 1.165) is 22.3 Å². The van der Waals surface area contributed by atoms with Gasteiger partial charge in [0, 0.05) is 22.9 Å². The van der Waals surface area contributed by atoms with Gasteiger partial charge >= 0.3 is 0 Å². The van der Waals surface area contributed by atoms with E-state index in [-0.39, 0.29) is 10.6 Å². The first-order valence-corrected chi connectivity index (χ1v) is 4.38. The first-order chi connectivity index (χ1) is 6.61. The Morgan fingerprint density at radius 2 is 2.21 bits per heavy atom. The predicted octanol–water partition coefficient (Wildman–Crippen LogP) is 2.14. The Kier molecular flexibility index (Phi) is 1.84. The van der Waals surface area contributed by atoms with Crippen LogP contribution in [0.3, 0.4) is 0 Å². The number of fused-ring (bicyclic) bond motifs is 1. The number of nitrogens with zero attached hydrogens (tertiary/aromatic N) is 2. The monoisotopic (exact) mass is 190 g/mol. The average molecular weight is 190 g/mol. The second-order valence-corrected chi connectivity index (χ2v) is 3.47. The highest BCUT2D eigenvalue weighted by Crippen LogP contribution is 2.30. The van der Waals surface area contributed by atoms with Gasteiger partial charge in [-0.2, -0.15) is 0 Å². The van der Waals surface area contributed by atoms with Gasteiger partial charge in [0.15, 0.2) is 0 Å². The molecule has 1 heterocycles. The Morgan fingerprint density at radius 1 is 1.50 bits per heavy atom. The summed E-state index contributed by atoms with van der Waals surface area (Å²) < 4.78 is 0. The van der Waals surface area contributed by atoms with E-state index in [1.807, 2.05) is 6.07 Å². The van der Waals surface area contributed by atoms with Gasteiger partial charge in [0.25, 0.3) is 5.69 Å². The molecule has 0 fully saturated rings. The van der Waals surface area contributed by atoms with Crippen molar-refractivity contribution in [1.82, 2.24) is 0 Å². The quantitative estimate of drug-likeness (QED) is 0.503. The Hall–Kier alpha value is -1.71. The van der Waals surface area contributed by atoms with Crippen molar-refractivity contribution in [3.8, 4) is 0 Å². The lowest BCUT2D eigenvalue weighted by Crippen LogP contribution is -2.00. The highest BCUT2D eigenvalue weighted by Gasteiger charge is 2.21. The van der Waals surface area contributed by atoms with Crippen LogP contribution in [0.4, 0.5) is 5.69 Å². The molecule has 0 unspecified atom stereocenters. The molecule has 1 aromatic rings. The van der Waals surface area contributed by atoms with Crippen molar-refractivity contribution in [1.29, 1.82) is 0 Å². The van der Waals surface area contributed by atoms with E-state index in [2.05, 4.69) is 4.99 Å². The fourth-order valence-corrected chi connectivity index (χ4v) is 1.90. The number of aryl methyl sites for hydroxylation is 1. The lowest BCUT2D eigenvalue weighted by molar-refractivity contribution is -0.386. The molecular formula is C10H10N2O2. The number of hydrogen-bond donors (Lipinski definition) is 0. The molecule has 0 bridgehead atoms. The molecule has 0 N–H and O–H groups in total. The van der Waals surface area contributed by atoms with Crippen LogP contribution >= 0.6 is 0 Å². The third-order valence-corrected chi connectivity index (χ3v) is 2.53. The minimum absolute atomic E-state index is 0.220. The molecule has 0 saturated carbocycles. The zero-order chi connectivity index (χ0) is 10.3. The summed E-state index contributed by atoms with van der Waals surface area (Å²) in [5.41, 5.74) is 3.67. The molecule has 1 aromatic carbocycles. The van der Waals surface area contributed by atoms with Crippen molar-refractivity contribution in [2.75, 3.05) is 0 Å². The zero-order valence-corrected chi connectivity index (χ0v) is 8.07. The SMILES string of the molecule is Cc1cc2c(c(C)c1[N+](=O)[O-])C=NC2. The van der Waals surface area contributed by atoms with Gasteiger partial charge in [-0.15, -0.1) is 0 Å². The second kappa shape index (κ2) is 2.90. The predicted molar refractivity (Wildman–Crippen MR) is 53.9 cm³/mol. The molecule has 1 aliphatic heterocycles. The van der Waals surface area contributed by atoms with Crippen LogP contribution in [0.2, 0.25) is 0 Å². The smallest absolute Gasteiger partial charge is 0.275 e. The van der Waals surface area contributed by atoms with Crippen LogP contribution in [0, 0.1) is 24.0 Å². The second-order valence-electron chi connectivity index (χ2n) is 3.47. The van der Waals surface area contributed by atoms with E-state index in [0.29, 0.717) is 6.54 Å². The van der Waals surface area contributed by atoms with Crippen LogP contribution in [0.5, 0.6) is 0 Å². The van der Waals surface area contributed by atoms with Crippen LogP contribution in [0.15, 0.2) is 11.1 Å². The lowest BCUT2D eigenvalue weighted by Gasteiger charge is -2.05. The molecular weight excluding hydrogens is 180 g/mol. The van der Waals surface area contributed by atoms with Crippen LogP contribution in [-0.2, 0) is 6.54 Å². The van der Waals surface area contributed by atoms with Gasteiger partial charge in [0.2, 0.25) is 0 Å². The standard InChI is InChI=1S/C10H10N2O2/c1-6-3-8-4-11-5-9(8)7(2)10(6)12(13)14/h3,5H,4H2,1-2H3. The molecule has 0 saturated heterocycles. The first kappa shape index (κ1) is 8.87. The number of rotatable bonds is 1. The van der Waals surface area contributed by atoms with Crippen LogP contribution in [0.25, 0.3) is 0 Å². The molecule has 72 valence electrons. The van der Waals surface area contributed by atoms with E-state index in [4.69, 9.17) is 0 Å². The van der Waals surface area contributed by atoms with Crippen molar-refractivity contribution in [3.05, 3.63) is 38.4 Å². The summed E-state index contributed by atoms with van der Waals surface area (Å²) in [4.78, 5) is 14.6. The molecule has 4 nitrogen and oxygen atoms in total. The van der Waals surface area contributed by atoms with Crippen molar-refractivity contribution < 1.29 is 4.92 Å². The maximum atomic E-state index is 10.8. The van der Waals surface area contributed by atoms with E-state index < -0.39 is 0 Å². The van der Waals surface area contributed by atoms with E-state index in [9.17, 15) is 10.1 Å². The van der Waals surface area contributed by atoms with Gasteiger partial charge in [-0.1, -0.05) is 0 Å². The minimum Gasteiger partial charge on any atom is -0.288 e. The van der Waals surface area contributed by atoms with E-state index >= 15 is 0 Å². The molecule has 1 aliphatic rings. The van der Waals surface area contributed by atoms with Crippen LogP contribution in [-0.4, -0.2) is 11.1 Å². The van der Waals surface area contributed by atoms with Crippen molar-refractivity contribution in [2.45, 2.75) is 20.4 Å². The average Bonchev–Trinajstić information content (AvgIpc) is 2.50. The highest BCUT2D eigenvalue weighted by atomic mass is 16.6.